The molecule has 1 saturated heterocycles. The van der Waals surface area contributed by atoms with Crippen LogP contribution in [0.2, 0.25) is 0 Å². The molecule has 10 heteroatoms. The number of halogens is 1. The van der Waals surface area contributed by atoms with Crippen molar-refractivity contribution in [1.82, 2.24) is 14.9 Å². The molecule has 0 spiro atoms. The van der Waals surface area contributed by atoms with E-state index in [0.29, 0.717) is 32.8 Å². The van der Waals surface area contributed by atoms with Crippen LogP contribution < -0.4 is 15.4 Å². The Kier molecular flexibility index (Phi) is 12.6. The molecule has 172 valence electrons. The molecular formula is C20H35IN4O4S. The first-order valence-corrected chi connectivity index (χ1v) is 11.9. The zero-order valence-electron chi connectivity index (χ0n) is 18.1. The highest BCUT2D eigenvalue weighted by Gasteiger charge is 2.28. The average molecular weight is 554 g/mol. The molecular weight excluding hydrogens is 519 g/mol. The lowest BCUT2D eigenvalue weighted by molar-refractivity contribution is 0.145. The lowest BCUT2D eigenvalue weighted by Gasteiger charge is -2.17. The average Bonchev–Trinajstić information content (AvgIpc) is 3.19. The van der Waals surface area contributed by atoms with Gasteiger partial charge in [-0.3, -0.25) is 0 Å². The summed E-state index contributed by atoms with van der Waals surface area (Å²) in [6, 6.07) is 7.84. The number of ether oxygens (including phenoxy) is 2. The van der Waals surface area contributed by atoms with Crippen LogP contribution in [0.25, 0.3) is 0 Å². The second-order valence-corrected chi connectivity index (χ2v) is 9.13. The van der Waals surface area contributed by atoms with E-state index in [4.69, 9.17) is 9.47 Å². The molecule has 0 saturated carbocycles. The SMILES string of the molecule is CCOCCCNC(=NCc1ccc(OC)cc1)NCC1CCN(S(C)(=O)=O)C1.I. The number of benzene rings is 1. The summed E-state index contributed by atoms with van der Waals surface area (Å²) >= 11 is 0. The van der Waals surface area contributed by atoms with Crippen LogP contribution in [0.1, 0.15) is 25.3 Å². The summed E-state index contributed by atoms with van der Waals surface area (Å²) in [5, 5.41) is 6.71. The van der Waals surface area contributed by atoms with Crippen molar-refractivity contribution in [2.45, 2.75) is 26.3 Å². The number of methoxy groups -OCH3 is 1. The molecule has 0 aliphatic carbocycles. The van der Waals surface area contributed by atoms with E-state index in [-0.39, 0.29) is 29.9 Å². The van der Waals surface area contributed by atoms with E-state index >= 15 is 0 Å². The number of guanidine groups is 1. The lowest BCUT2D eigenvalue weighted by atomic mass is 10.1. The molecule has 30 heavy (non-hydrogen) atoms. The van der Waals surface area contributed by atoms with Crippen LogP contribution in [0, 0.1) is 5.92 Å². The van der Waals surface area contributed by atoms with Gasteiger partial charge < -0.3 is 20.1 Å². The number of nitrogens with zero attached hydrogens (tertiary/aromatic N) is 2. The number of hydrogen-bond acceptors (Lipinski definition) is 5. The minimum Gasteiger partial charge on any atom is -0.497 e. The van der Waals surface area contributed by atoms with E-state index in [1.807, 2.05) is 31.2 Å². The second-order valence-electron chi connectivity index (χ2n) is 7.15. The van der Waals surface area contributed by atoms with Crippen LogP contribution in [0.4, 0.5) is 0 Å². The van der Waals surface area contributed by atoms with Gasteiger partial charge in [-0.05, 0) is 43.4 Å². The van der Waals surface area contributed by atoms with Gasteiger partial charge in [-0.1, -0.05) is 12.1 Å². The first kappa shape index (κ1) is 26.9. The maximum absolute atomic E-state index is 11.7. The fraction of sp³-hybridized carbons (Fsp3) is 0.650. The molecule has 0 radical (unpaired) electrons. The zero-order chi connectivity index (χ0) is 21.1. The predicted molar refractivity (Wildman–Crippen MR) is 131 cm³/mol. The Bertz CT molecular complexity index is 744. The topological polar surface area (TPSA) is 92.3 Å². The monoisotopic (exact) mass is 554 g/mol. The smallest absolute Gasteiger partial charge is 0.211 e. The van der Waals surface area contributed by atoms with Gasteiger partial charge >= 0.3 is 0 Å². The van der Waals surface area contributed by atoms with Crippen LogP contribution in [-0.2, 0) is 21.3 Å². The van der Waals surface area contributed by atoms with Crippen molar-refractivity contribution >= 4 is 40.0 Å². The zero-order valence-corrected chi connectivity index (χ0v) is 21.2. The largest absolute Gasteiger partial charge is 0.497 e. The van der Waals surface area contributed by atoms with Gasteiger partial charge in [0.15, 0.2) is 5.96 Å². The van der Waals surface area contributed by atoms with Gasteiger partial charge in [0, 0.05) is 39.4 Å². The van der Waals surface area contributed by atoms with Crippen LogP contribution >= 0.6 is 24.0 Å². The maximum Gasteiger partial charge on any atom is 0.211 e. The summed E-state index contributed by atoms with van der Waals surface area (Å²) in [6.45, 7) is 6.55. The molecule has 1 heterocycles. The molecule has 1 aromatic rings. The summed E-state index contributed by atoms with van der Waals surface area (Å²) in [6.07, 6.45) is 3.02. The van der Waals surface area contributed by atoms with E-state index in [0.717, 1.165) is 43.3 Å². The molecule has 1 aromatic carbocycles. The second kappa shape index (κ2) is 14.0. The van der Waals surface area contributed by atoms with Crippen LogP contribution in [-0.4, -0.2) is 71.4 Å². The van der Waals surface area contributed by atoms with Crippen molar-refractivity contribution in [2.24, 2.45) is 10.9 Å². The number of sulfonamides is 1. The highest BCUT2D eigenvalue weighted by molar-refractivity contribution is 14.0. The Labute approximate surface area is 197 Å². The number of aliphatic imine (C=N–C) groups is 1. The van der Waals surface area contributed by atoms with Crippen molar-refractivity contribution in [2.75, 3.05) is 52.8 Å². The highest BCUT2D eigenvalue weighted by Crippen LogP contribution is 2.18. The third-order valence-electron chi connectivity index (χ3n) is 4.82. The predicted octanol–water partition coefficient (Wildman–Crippen LogP) is 2.06. The van der Waals surface area contributed by atoms with E-state index in [9.17, 15) is 8.42 Å². The summed E-state index contributed by atoms with van der Waals surface area (Å²) in [5.41, 5.74) is 1.09. The summed E-state index contributed by atoms with van der Waals surface area (Å²) in [4.78, 5) is 4.68. The van der Waals surface area contributed by atoms with E-state index in [1.165, 1.54) is 6.26 Å². The van der Waals surface area contributed by atoms with Gasteiger partial charge in [-0.25, -0.2) is 17.7 Å². The first-order valence-electron chi connectivity index (χ1n) is 10.1. The molecule has 0 aromatic heterocycles. The van der Waals surface area contributed by atoms with Crippen molar-refractivity contribution in [1.29, 1.82) is 0 Å². The lowest BCUT2D eigenvalue weighted by Crippen LogP contribution is -2.41. The van der Waals surface area contributed by atoms with Gasteiger partial charge in [0.2, 0.25) is 10.0 Å². The highest BCUT2D eigenvalue weighted by atomic mass is 127. The molecule has 8 nitrogen and oxygen atoms in total. The molecule has 0 bridgehead atoms. The number of hydrogen-bond donors (Lipinski definition) is 2. The number of rotatable bonds is 11. The van der Waals surface area contributed by atoms with E-state index < -0.39 is 10.0 Å². The molecule has 1 aliphatic heterocycles. The summed E-state index contributed by atoms with van der Waals surface area (Å²) in [5.74, 6) is 1.83. The molecule has 1 atom stereocenters. The van der Waals surface area contributed by atoms with Crippen LogP contribution in [0.3, 0.4) is 0 Å². The molecule has 1 unspecified atom stereocenters. The standard InChI is InChI=1S/C20H34N4O4S.HI/c1-4-28-13-5-11-21-20(22-14-17-6-8-19(27-2)9-7-17)23-15-18-10-12-24(16-18)29(3,25)26;/h6-9,18H,4-5,10-16H2,1-3H3,(H2,21,22,23);1H. The van der Waals surface area contributed by atoms with Gasteiger partial charge in [0.25, 0.3) is 0 Å². The van der Waals surface area contributed by atoms with Crippen LogP contribution in [0.5, 0.6) is 5.75 Å². The van der Waals surface area contributed by atoms with E-state index in [2.05, 4.69) is 15.6 Å². The first-order chi connectivity index (χ1) is 13.9. The molecule has 2 rings (SSSR count). The third kappa shape index (κ3) is 9.80. The summed E-state index contributed by atoms with van der Waals surface area (Å²) in [7, 11) is -1.47. The fourth-order valence-corrected chi connectivity index (χ4v) is 4.03. The Hall–Kier alpha value is -1.11. The van der Waals surface area contributed by atoms with Gasteiger partial charge in [0.05, 0.1) is 19.9 Å². The van der Waals surface area contributed by atoms with Crippen molar-refractivity contribution in [3.63, 3.8) is 0 Å². The molecule has 1 aliphatic rings. The quantitative estimate of drug-likeness (QED) is 0.188. The van der Waals surface area contributed by atoms with Crippen LogP contribution in [0.15, 0.2) is 29.3 Å². The number of nitrogens with one attached hydrogen (secondary N) is 2. The van der Waals surface area contributed by atoms with Gasteiger partial charge in [-0.2, -0.15) is 0 Å². The Balaban J connectivity index is 0.00000450. The maximum atomic E-state index is 11.7. The Morgan fingerprint density at radius 3 is 2.60 bits per heavy atom. The van der Waals surface area contributed by atoms with Gasteiger partial charge in [-0.15, -0.1) is 24.0 Å². The Morgan fingerprint density at radius 2 is 2.00 bits per heavy atom. The molecule has 0 amide bonds. The molecule has 1 fully saturated rings. The fourth-order valence-electron chi connectivity index (χ4n) is 3.11. The van der Waals surface area contributed by atoms with Gasteiger partial charge in [0.1, 0.15) is 5.75 Å². The van der Waals surface area contributed by atoms with Crippen molar-refractivity contribution in [3.05, 3.63) is 29.8 Å². The van der Waals surface area contributed by atoms with Crippen molar-refractivity contribution in [3.8, 4) is 5.75 Å². The minimum absolute atomic E-state index is 0. The summed E-state index contributed by atoms with van der Waals surface area (Å²) < 4.78 is 35.5. The third-order valence-corrected chi connectivity index (χ3v) is 6.09. The van der Waals surface area contributed by atoms with E-state index in [1.54, 1.807) is 11.4 Å². The molecule has 2 N–H and O–H groups in total. The Morgan fingerprint density at radius 1 is 1.27 bits per heavy atom. The normalized spacial score (nSPS) is 17.4. The van der Waals surface area contributed by atoms with Crippen molar-refractivity contribution < 1.29 is 17.9 Å². The minimum atomic E-state index is -3.11.